The SMILES string of the molecule is CC1CCC(NC(=O)COc2ccc(C(N)=S)cc2)C1. The van der Waals surface area contributed by atoms with Gasteiger partial charge in [-0.15, -0.1) is 0 Å². The van der Waals surface area contributed by atoms with Crippen molar-refractivity contribution >= 4 is 23.1 Å². The summed E-state index contributed by atoms with van der Waals surface area (Å²) in [5.41, 5.74) is 6.30. The minimum absolute atomic E-state index is 0.0390. The van der Waals surface area contributed by atoms with Gasteiger partial charge in [0.1, 0.15) is 10.7 Å². The lowest BCUT2D eigenvalue weighted by molar-refractivity contribution is -0.123. The molecule has 0 heterocycles. The lowest BCUT2D eigenvalue weighted by Gasteiger charge is -2.13. The van der Waals surface area contributed by atoms with E-state index in [0.29, 0.717) is 22.7 Å². The maximum atomic E-state index is 11.8. The summed E-state index contributed by atoms with van der Waals surface area (Å²) >= 11 is 4.87. The van der Waals surface area contributed by atoms with Gasteiger partial charge in [-0.3, -0.25) is 4.79 Å². The molecule has 2 unspecified atom stereocenters. The van der Waals surface area contributed by atoms with Gasteiger partial charge in [-0.05, 0) is 49.4 Å². The molecular formula is C15H20N2O2S. The summed E-state index contributed by atoms with van der Waals surface area (Å²) in [6.45, 7) is 2.25. The molecule has 2 rings (SSSR count). The normalized spacial score (nSPS) is 21.4. The first kappa shape index (κ1) is 14.8. The van der Waals surface area contributed by atoms with E-state index in [0.717, 1.165) is 18.4 Å². The van der Waals surface area contributed by atoms with Crippen molar-refractivity contribution in [2.24, 2.45) is 11.7 Å². The molecule has 1 aliphatic rings. The fraction of sp³-hybridized carbons (Fsp3) is 0.467. The quantitative estimate of drug-likeness (QED) is 0.815. The Balaban J connectivity index is 1.76. The highest BCUT2D eigenvalue weighted by molar-refractivity contribution is 7.80. The second-order valence-corrected chi connectivity index (χ2v) is 5.80. The molecule has 3 N–H and O–H groups in total. The number of hydrogen-bond donors (Lipinski definition) is 2. The largest absolute Gasteiger partial charge is 0.484 e. The number of thiocarbonyl (C=S) groups is 1. The Labute approximate surface area is 124 Å². The van der Waals surface area contributed by atoms with Gasteiger partial charge in [-0.2, -0.15) is 0 Å². The Morgan fingerprint density at radius 3 is 2.65 bits per heavy atom. The molecule has 1 aromatic rings. The van der Waals surface area contributed by atoms with Gasteiger partial charge < -0.3 is 15.8 Å². The summed E-state index contributed by atoms with van der Waals surface area (Å²) in [5.74, 6) is 1.27. The van der Waals surface area contributed by atoms with Crippen LogP contribution in [0.5, 0.6) is 5.75 Å². The lowest BCUT2D eigenvalue weighted by atomic mass is 10.1. The molecule has 4 nitrogen and oxygen atoms in total. The predicted molar refractivity (Wildman–Crippen MR) is 82.8 cm³/mol. The zero-order chi connectivity index (χ0) is 14.5. The Morgan fingerprint density at radius 2 is 2.10 bits per heavy atom. The molecule has 20 heavy (non-hydrogen) atoms. The average molecular weight is 292 g/mol. The molecule has 2 atom stereocenters. The minimum Gasteiger partial charge on any atom is -0.484 e. The van der Waals surface area contributed by atoms with Gasteiger partial charge in [0.15, 0.2) is 6.61 Å². The highest BCUT2D eigenvalue weighted by atomic mass is 32.1. The van der Waals surface area contributed by atoms with Crippen molar-refractivity contribution in [2.45, 2.75) is 32.2 Å². The number of hydrogen-bond acceptors (Lipinski definition) is 3. The van der Waals surface area contributed by atoms with Gasteiger partial charge in [0.25, 0.3) is 5.91 Å². The molecule has 5 heteroatoms. The second-order valence-electron chi connectivity index (χ2n) is 5.36. The van der Waals surface area contributed by atoms with Crippen LogP contribution in [0.25, 0.3) is 0 Å². The topological polar surface area (TPSA) is 64.3 Å². The van der Waals surface area contributed by atoms with Gasteiger partial charge in [0.05, 0.1) is 0 Å². The fourth-order valence-electron chi connectivity index (χ4n) is 2.47. The summed E-state index contributed by atoms with van der Waals surface area (Å²) in [6, 6.07) is 7.40. The highest BCUT2D eigenvalue weighted by Gasteiger charge is 2.22. The predicted octanol–water partition coefficient (Wildman–Crippen LogP) is 2.00. The molecule has 1 fully saturated rings. The van der Waals surface area contributed by atoms with Gasteiger partial charge in [-0.25, -0.2) is 0 Å². The number of ether oxygens (including phenoxy) is 1. The van der Waals surface area contributed by atoms with Crippen LogP contribution in [0.3, 0.4) is 0 Å². The van der Waals surface area contributed by atoms with E-state index >= 15 is 0 Å². The molecule has 0 spiro atoms. The molecule has 1 amide bonds. The van der Waals surface area contributed by atoms with E-state index in [-0.39, 0.29) is 12.5 Å². The van der Waals surface area contributed by atoms with Crippen molar-refractivity contribution in [1.82, 2.24) is 5.32 Å². The first-order chi connectivity index (χ1) is 9.54. The zero-order valence-electron chi connectivity index (χ0n) is 11.6. The maximum absolute atomic E-state index is 11.8. The first-order valence-electron chi connectivity index (χ1n) is 6.86. The smallest absolute Gasteiger partial charge is 0.258 e. The molecule has 1 saturated carbocycles. The number of amides is 1. The van der Waals surface area contributed by atoms with E-state index in [1.54, 1.807) is 24.3 Å². The summed E-state index contributed by atoms with van der Waals surface area (Å²) in [6.07, 6.45) is 3.32. The molecule has 0 radical (unpaired) electrons. The molecule has 0 aromatic heterocycles. The monoisotopic (exact) mass is 292 g/mol. The van der Waals surface area contributed by atoms with E-state index in [1.807, 2.05) is 0 Å². The standard InChI is InChI=1S/C15H20N2O2S/c1-10-2-5-12(8-10)17-14(18)9-19-13-6-3-11(4-7-13)15(16)20/h3-4,6-7,10,12H,2,5,8-9H2,1H3,(H2,16,20)(H,17,18). The lowest BCUT2D eigenvalue weighted by Crippen LogP contribution is -2.36. The van der Waals surface area contributed by atoms with E-state index in [4.69, 9.17) is 22.7 Å². The molecule has 0 saturated heterocycles. The van der Waals surface area contributed by atoms with Crippen LogP contribution in [0.1, 0.15) is 31.7 Å². The van der Waals surface area contributed by atoms with Crippen LogP contribution >= 0.6 is 12.2 Å². The highest BCUT2D eigenvalue weighted by Crippen LogP contribution is 2.24. The Bertz CT molecular complexity index is 487. The van der Waals surface area contributed by atoms with Crippen molar-refractivity contribution in [3.8, 4) is 5.75 Å². The third kappa shape index (κ3) is 4.20. The Kier molecular flexibility index (Phi) is 4.95. The van der Waals surface area contributed by atoms with E-state index in [1.165, 1.54) is 6.42 Å². The van der Waals surface area contributed by atoms with Crippen LogP contribution in [0.15, 0.2) is 24.3 Å². The second kappa shape index (κ2) is 6.70. The van der Waals surface area contributed by atoms with E-state index < -0.39 is 0 Å². The number of rotatable bonds is 5. The molecule has 1 aliphatic carbocycles. The van der Waals surface area contributed by atoms with Crippen LogP contribution in [-0.4, -0.2) is 23.5 Å². The van der Waals surface area contributed by atoms with Crippen molar-refractivity contribution < 1.29 is 9.53 Å². The van der Waals surface area contributed by atoms with E-state index in [2.05, 4.69) is 12.2 Å². The van der Waals surface area contributed by atoms with Gasteiger partial charge >= 0.3 is 0 Å². The van der Waals surface area contributed by atoms with Crippen LogP contribution < -0.4 is 15.8 Å². The van der Waals surface area contributed by atoms with Gasteiger partial charge in [-0.1, -0.05) is 19.1 Å². The summed E-state index contributed by atoms with van der Waals surface area (Å²) in [7, 11) is 0. The third-order valence-electron chi connectivity index (χ3n) is 3.57. The van der Waals surface area contributed by atoms with E-state index in [9.17, 15) is 4.79 Å². The van der Waals surface area contributed by atoms with Crippen LogP contribution in [-0.2, 0) is 4.79 Å². The van der Waals surface area contributed by atoms with Crippen molar-refractivity contribution in [2.75, 3.05) is 6.61 Å². The van der Waals surface area contributed by atoms with Crippen LogP contribution in [0, 0.1) is 5.92 Å². The summed E-state index contributed by atoms with van der Waals surface area (Å²) in [5, 5.41) is 3.00. The molecule has 0 aliphatic heterocycles. The summed E-state index contributed by atoms with van der Waals surface area (Å²) < 4.78 is 5.44. The molecule has 1 aromatic carbocycles. The third-order valence-corrected chi connectivity index (χ3v) is 3.80. The molecule has 108 valence electrons. The number of carbonyl (C=O) groups excluding carboxylic acids is 1. The zero-order valence-corrected chi connectivity index (χ0v) is 12.4. The van der Waals surface area contributed by atoms with Crippen LogP contribution in [0.4, 0.5) is 0 Å². The van der Waals surface area contributed by atoms with Gasteiger partial charge in [0.2, 0.25) is 0 Å². The Morgan fingerprint density at radius 1 is 1.40 bits per heavy atom. The minimum atomic E-state index is -0.0671. The Hall–Kier alpha value is -1.62. The van der Waals surface area contributed by atoms with Gasteiger partial charge in [0, 0.05) is 11.6 Å². The molecule has 0 bridgehead atoms. The number of carbonyl (C=O) groups is 1. The van der Waals surface area contributed by atoms with Crippen LogP contribution in [0.2, 0.25) is 0 Å². The number of benzene rings is 1. The average Bonchev–Trinajstić information content (AvgIpc) is 2.82. The maximum Gasteiger partial charge on any atom is 0.258 e. The fourth-order valence-corrected chi connectivity index (χ4v) is 2.61. The van der Waals surface area contributed by atoms with Crippen molar-refractivity contribution in [3.63, 3.8) is 0 Å². The number of nitrogens with two attached hydrogens (primary N) is 1. The first-order valence-corrected chi connectivity index (χ1v) is 7.27. The number of nitrogens with one attached hydrogen (secondary N) is 1. The van der Waals surface area contributed by atoms with Crippen molar-refractivity contribution in [1.29, 1.82) is 0 Å². The summed E-state index contributed by atoms with van der Waals surface area (Å²) in [4.78, 5) is 12.1. The van der Waals surface area contributed by atoms with Crippen molar-refractivity contribution in [3.05, 3.63) is 29.8 Å². The molecular weight excluding hydrogens is 272 g/mol.